The second kappa shape index (κ2) is 10.5. The summed E-state index contributed by atoms with van der Waals surface area (Å²) in [6.07, 6.45) is 2.02. The number of aryl methyl sites for hydroxylation is 1. The maximum absolute atomic E-state index is 14.1. The Balaban J connectivity index is 1.78. The van der Waals surface area contributed by atoms with Crippen molar-refractivity contribution in [3.8, 4) is 11.5 Å². The highest BCUT2D eigenvalue weighted by molar-refractivity contribution is 9.10. The molecule has 0 bridgehead atoms. The summed E-state index contributed by atoms with van der Waals surface area (Å²) in [4.78, 5) is 17.8. The number of benzene rings is 3. The van der Waals surface area contributed by atoms with Gasteiger partial charge in [-0.2, -0.15) is 9.78 Å². The van der Waals surface area contributed by atoms with E-state index in [-0.39, 0.29) is 18.0 Å². The maximum Gasteiger partial charge on any atom is 0.282 e. The molecule has 4 aromatic rings. The third-order valence-corrected chi connectivity index (χ3v) is 6.05. The highest BCUT2D eigenvalue weighted by Crippen LogP contribution is 2.35. The number of ether oxygens (including phenoxy) is 2. The summed E-state index contributed by atoms with van der Waals surface area (Å²) in [6.45, 7) is 1.90. The molecule has 1 aromatic heterocycles. The summed E-state index contributed by atoms with van der Waals surface area (Å²) in [5.41, 5.74) is 1.28. The van der Waals surface area contributed by atoms with Crippen molar-refractivity contribution in [2.24, 2.45) is 5.10 Å². The highest BCUT2D eigenvalue weighted by Gasteiger charge is 2.14. The normalized spacial score (nSPS) is 11.3. The maximum atomic E-state index is 14.1. The van der Waals surface area contributed by atoms with Gasteiger partial charge in [-0.15, -0.1) is 0 Å². The lowest BCUT2D eigenvalue weighted by molar-refractivity contribution is 0.279. The minimum absolute atomic E-state index is 0.00276. The van der Waals surface area contributed by atoms with Crippen LogP contribution >= 0.6 is 31.9 Å². The van der Waals surface area contributed by atoms with E-state index in [0.717, 1.165) is 8.95 Å². The summed E-state index contributed by atoms with van der Waals surface area (Å²) in [5.74, 6) is 0.976. The molecule has 9 heteroatoms. The molecule has 0 amide bonds. The molecule has 4 rings (SSSR count). The zero-order valence-corrected chi connectivity index (χ0v) is 21.6. The molecule has 0 N–H and O–H groups in total. The predicted molar refractivity (Wildman–Crippen MR) is 137 cm³/mol. The summed E-state index contributed by atoms with van der Waals surface area (Å²) in [7, 11) is 1.52. The van der Waals surface area contributed by atoms with Crippen molar-refractivity contribution in [3.05, 3.63) is 96.7 Å². The molecular weight excluding hydrogens is 569 g/mol. The van der Waals surface area contributed by atoms with Gasteiger partial charge >= 0.3 is 0 Å². The molecule has 1 heterocycles. The Morgan fingerprint density at radius 1 is 1.12 bits per heavy atom. The smallest absolute Gasteiger partial charge is 0.282 e. The molecule has 0 radical (unpaired) electrons. The lowest BCUT2D eigenvalue weighted by Gasteiger charge is -2.14. The minimum Gasteiger partial charge on any atom is -0.493 e. The van der Waals surface area contributed by atoms with Crippen LogP contribution in [0.3, 0.4) is 0 Å². The number of nitrogens with zero attached hydrogens (tertiary/aromatic N) is 3. The van der Waals surface area contributed by atoms with Gasteiger partial charge in [0.1, 0.15) is 18.2 Å². The minimum atomic E-state index is -0.360. The van der Waals surface area contributed by atoms with Crippen molar-refractivity contribution in [2.45, 2.75) is 20.0 Å². The second-order valence-electron chi connectivity index (χ2n) is 7.31. The molecule has 0 atom stereocenters. The number of rotatable bonds is 7. The Bertz CT molecular complexity index is 1450. The SMILES string of the molecule is CCc1nc2ccc(Br)cc2c(=O)n1N=Cc1cc(Br)cc(OC)c1OCc1ccccc1F. The number of halogens is 3. The Kier molecular flexibility index (Phi) is 7.43. The van der Waals surface area contributed by atoms with Crippen LogP contribution in [0.4, 0.5) is 4.39 Å². The lowest BCUT2D eigenvalue weighted by atomic mass is 10.2. The Labute approximate surface area is 212 Å². The van der Waals surface area contributed by atoms with E-state index in [0.29, 0.717) is 45.8 Å². The number of methoxy groups -OCH3 is 1. The average Bonchev–Trinajstić information content (AvgIpc) is 2.83. The van der Waals surface area contributed by atoms with Crippen LogP contribution in [0, 0.1) is 5.82 Å². The summed E-state index contributed by atoms with van der Waals surface area (Å²) >= 11 is 6.86. The molecule has 0 saturated carbocycles. The van der Waals surface area contributed by atoms with Crippen LogP contribution < -0.4 is 15.0 Å². The molecule has 0 fully saturated rings. The predicted octanol–water partition coefficient (Wildman–Crippen LogP) is 6.09. The first kappa shape index (κ1) is 24.1. The molecule has 0 aliphatic heterocycles. The molecule has 0 aliphatic rings. The van der Waals surface area contributed by atoms with E-state index in [2.05, 4.69) is 41.9 Å². The van der Waals surface area contributed by atoms with Crippen LogP contribution in [-0.4, -0.2) is 23.0 Å². The first-order chi connectivity index (χ1) is 16.4. The lowest BCUT2D eigenvalue weighted by Crippen LogP contribution is -2.22. The Hall–Kier alpha value is -3.04. The largest absolute Gasteiger partial charge is 0.493 e. The molecule has 34 heavy (non-hydrogen) atoms. The van der Waals surface area contributed by atoms with E-state index in [4.69, 9.17) is 9.47 Å². The Morgan fingerprint density at radius 3 is 2.65 bits per heavy atom. The van der Waals surface area contributed by atoms with Gasteiger partial charge in [-0.05, 0) is 36.4 Å². The van der Waals surface area contributed by atoms with E-state index >= 15 is 0 Å². The average molecular weight is 589 g/mol. The standard InChI is InChI=1S/C25H20Br2FN3O3/c1-3-23-30-21-9-8-17(26)11-19(21)25(32)31(23)29-13-16-10-18(27)12-22(33-2)24(16)34-14-15-6-4-5-7-20(15)28/h4-13H,3,14H2,1-2H3. The van der Waals surface area contributed by atoms with Gasteiger partial charge in [0.2, 0.25) is 0 Å². The van der Waals surface area contributed by atoms with Crippen molar-refractivity contribution in [2.75, 3.05) is 7.11 Å². The van der Waals surface area contributed by atoms with Crippen LogP contribution in [0.5, 0.6) is 11.5 Å². The fourth-order valence-electron chi connectivity index (χ4n) is 3.42. The molecule has 0 saturated heterocycles. The van der Waals surface area contributed by atoms with Crippen molar-refractivity contribution in [3.63, 3.8) is 0 Å². The third kappa shape index (κ3) is 5.05. The molecule has 6 nitrogen and oxygen atoms in total. The molecule has 3 aromatic carbocycles. The van der Waals surface area contributed by atoms with Crippen molar-refractivity contribution < 1.29 is 13.9 Å². The molecule has 0 unspecified atom stereocenters. The van der Waals surface area contributed by atoms with Gasteiger partial charge in [0.15, 0.2) is 11.5 Å². The zero-order valence-electron chi connectivity index (χ0n) is 18.4. The van der Waals surface area contributed by atoms with Crippen LogP contribution in [0.15, 0.2) is 73.4 Å². The van der Waals surface area contributed by atoms with Crippen molar-refractivity contribution in [1.82, 2.24) is 9.66 Å². The van der Waals surface area contributed by atoms with E-state index in [9.17, 15) is 9.18 Å². The fourth-order valence-corrected chi connectivity index (χ4v) is 4.23. The Morgan fingerprint density at radius 2 is 1.91 bits per heavy atom. The van der Waals surface area contributed by atoms with Gasteiger partial charge in [-0.3, -0.25) is 4.79 Å². The van der Waals surface area contributed by atoms with Crippen molar-refractivity contribution in [1.29, 1.82) is 0 Å². The number of fused-ring (bicyclic) bond motifs is 1. The van der Waals surface area contributed by atoms with Gasteiger partial charge in [-0.25, -0.2) is 9.37 Å². The van der Waals surface area contributed by atoms with Gasteiger partial charge in [0.25, 0.3) is 5.56 Å². The summed E-state index contributed by atoms with van der Waals surface area (Å²) in [5, 5.41) is 4.90. The first-order valence-electron chi connectivity index (χ1n) is 10.4. The fraction of sp³-hybridized carbons (Fsp3) is 0.160. The topological polar surface area (TPSA) is 65.7 Å². The quantitative estimate of drug-likeness (QED) is 0.245. The van der Waals surface area contributed by atoms with E-state index in [1.807, 2.05) is 13.0 Å². The zero-order chi connectivity index (χ0) is 24.2. The highest BCUT2D eigenvalue weighted by atomic mass is 79.9. The van der Waals surface area contributed by atoms with Crippen LogP contribution in [0.25, 0.3) is 10.9 Å². The molecule has 0 spiro atoms. The van der Waals surface area contributed by atoms with Gasteiger partial charge in [0.05, 0.1) is 24.2 Å². The number of hydrogen-bond acceptors (Lipinski definition) is 5. The van der Waals surface area contributed by atoms with Gasteiger partial charge in [0, 0.05) is 26.5 Å². The van der Waals surface area contributed by atoms with E-state index in [1.54, 1.807) is 42.5 Å². The third-order valence-electron chi connectivity index (χ3n) is 5.10. The van der Waals surface area contributed by atoms with E-state index in [1.165, 1.54) is 24.1 Å². The van der Waals surface area contributed by atoms with Crippen LogP contribution in [0.1, 0.15) is 23.9 Å². The number of aromatic nitrogens is 2. The second-order valence-corrected chi connectivity index (χ2v) is 9.14. The molecule has 174 valence electrons. The van der Waals surface area contributed by atoms with Gasteiger partial charge in [-0.1, -0.05) is 57.0 Å². The van der Waals surface area contributed by atoms with Crippen LogP contribution in [0.2, 0.25) is 0 Å². The monoisotopic (exact) mass is 587 g/mol. The van der Waals surface area contributed by atoms with Crippen LogP contribution in [-0.2, 0) is 13.0 Å². The van der Waals surface area contributed by atoms with Gasteiger partial charge < -0.3 is 9.47 Å². The van der Waals surface area contributed by atoms with Crippen molar-refractivity contribution >= 4 is 49.0 Å². The van der Waals surface area contributed by atoms with E-state index < -0.39 is 0 Å². The molecular formula is C25H20Br2FN3O3. The number of hydrogen-bond donors (Lipinski definition) is 0. The summed E-state index contributed by atoms with van der Waals surface area (Å²) in [6, 6.07) is 15.3. The summed E-state index contributed by atoms with van der Waals surface area (Å²) < 4.78 is 28.3. The molecule has 0 aliphatic carbocycles. The first-order valence-corrected chi connectivity index (χ1v) is 12.0.